The number of rotatable bonds is 16. The third-order valence-electron chi connectivity index (χ3n) is 15.4. The minimum absolute atomic E-state index is 0.0343. The van der Waals surface area contributed by atoms with E-state index < -0.39 is 22.9 Å². The van der Waals surface area contributed by atoms with E-state index in [4.69, 9.17) is 9.47 Å². The van der Waals surface area contributed by atoms with Crippen LogP contribution in [0.3, 0.4) is 0 Å². The molecule has 0 amide bonds. The molecule has 336 valence electrons. The summed E-state index contributed by atoms with van der Waals surface area (Å²) >= 11 is 0. The number of allylic oxidation sites excluding steroid dienone is 9. The van der Waals surface area contributed by atoms with Crippen LogP contribution in [-0.4, -0.2) is 96.8 Å². The summed E-state index contributed by atoms with van der Waals surface area (Å²) in [6.45, 7) is 13.1. The van der Waals surface area contributed by atoms with Gasteiger partial charge in [0.15, 0.2) is 5.79 Å². The molecule has 1 aromatic rings. The molecule has 4 bridgehead atoms. The molecule has 0 radical (unpaired) electrons. The zero-order valence-corrected chi connectivity index (χ0v) is 37.8. The van der Waals surface area contributed by atoms with Crippen LogP contribution in [0.15, 0.2) is 95.2 Å². The van der Waals surface area contributed by atoms with Crippen LogP contribution in [0.25, 0.3) is 0 Å². The number of nitrogens with one attached hydrogen (secondary N) is 2. The van der Waals surface area contributed by atoms with Crippen molar-refractivity contribution in [2.24, 2.45) is 35.0 Å². The van der Waals surface area contributed by atoms with E-state index in [1.165, 1.54) is 16.7 Å². The maximum Gasteiger partial charge on any atom is 0.165 e. The Hall–Kier alpha value is -2.99. The van der Waals surface area contributed by atoms with Crippen molar-refractivity contribution >= 4 is 6.29 Å². The molecular formula is C52H76N2O7. The Balaban J connectivity index is 1.33. The van der Waals surface area contributed by atoms with Gasteiger partial charge in [-0.1, -0.05) is 84.0 Å². The van der Waals surface area contributed by atoms with Crippen LogP contribution in [0.1, 0.15) is 103 Å². The van der Waals surface area contributed by atoms with Crippen molar-refractivity contribution in [2.45, 2.75) is 127 Å². The molecule has 1 aromatic carbocycles. The van der Waals surface area contributed by atoms with Crippen LogP contribution in [0.4, 0.5) is 0 Å². The molecule has 9 atom stereocenters. The van der Waals surface area contributed by atoms with Crippen LogP contribution in [0, 0.1) is 35.0 Å². The highest BCUT2D eigenvalue weighted by molar-refractivity contribution is 5.74. The van der Waals surface area contributed by atoms with Crippen molar-refractivity contribution in [2.75, 3.05) is 47.1 Å². The molecule has 0 saturated heterocycles. The van der Waals surface area contributed by atoms with E-state index in [-0.39, 0.29) is 48.3 Å². The third kappa shape index (κ3) is 10.5. The van der Waals surface area contributed by atoms with Gasteiger partial charge in [-0.15, -0.1) is 0 Å². The topological polar surface area (TPSA) is 141 Å². The molecule has 0 aromatic heterocycles. The second-order valence-electron chi connectivity index (χ2n) is 19.6. The van der Waals surface area contributed by atoms with Gasteiger partial charge < -0.3 is 40.5 Å². The maximum atomic E-state index is 13.0. The SMILES string of the molecule is C=C(/C=C/C=C(/COC1(O)CCCC1)[C@@H]1CC[C@]2([C@@H]1O)[C@@H]1C(=C(C)C=O)[C@@H](C=C[C@@H]1CCO)C[C@]2(O)CCNC)[C@H]1C/C=C(\C)CN[C@](C)(CCOC)Cc2cccc(c2)C1. The molecule has 61 heavy (non-hydrogen) atoms. The first-order chi connectivity index (χ1) is 29.2. The highest BCUT2D eigenvalue weighted by Gasteiger charge is 2.68. The van der Waals surface area contributed by atoms with Crippen LogP contribution < -0.4 is 10.6 Å². The molecule has 0 unspecified atom stereocenters. The van der Waals surface area contributed by atoms with Crippen LogP contribution >= 0.6 is 0 Å². The van der Waals surface area contributed by atoms with E-state index in [1.807, 2.05) is 20.0 Å². The average molecular weight is 841 g/mol. The first-order valence-electron chi connectivity index (χ1n) is 23.1. The van der Waals surface area contributed by atoms with Gasteiger partial charge in [-0.05, 0) is 145 Å². The second-order valence-corrected chi connectivity index (χ2v) is 19.6. The molecule has 6 rings (SSSR count). The lowest BCUT2D eigenvalue weighted by molar-refractivity contribution is -0.200. The molecule has 6 N–H and O–H groups in total. The summed E-state index contributed by atoms with van der Waals surface area (Å²) in [6, 6.07) is 8.94. The summed E-state index contributed by atoms with van der Waals surface area (Å²) < 4.78 is 11.9. The van der Waals surface area contributed by atoms with Gasteiger partial charge in [-0.3, -0.25) is 4.79 Å². The average Bonchev–Trinajstić information content (AvgIpc) is 3.84. The van der Waals surface area contributed by atoms with Gasteiger partial charge in [-0.25, -0.2) is 0 Å². The third-order valence-corrected chi connectivity index (χ3v) is 15.4. The molecular weight excluding hydrogens is 765 g/mol. The fraction of sp³-hybridized carbons (Fsp3) is 0.635. The molecule has 5 aliphatic rings. The smallest absolute Gasteiger partial charge is 0.165 e. The number of carbonyl (C=O) groups excluding carboxylic acids is 1. The van der Waals surface area contributed by atoms with Crippen LogP contribution in [0.2, 0.25) is 0 Å². The van der Waals surface area contributed by atoms with Crippen LogP contribution in [0.5, 0.6) is 0 Å². The number of carbonyl (C=O) groups is 1. The van der Waals surface area contributed by atoms with Gasteiger partial charge in [0.2, 0.25) is 0 Å². The minimum atomic E-state index is -1.24. The fourth-order valence-corrected chi connectivity index (χ4v) is 11.9. The summed E-state index contributed by atoms with van der Waals surface area (Å²) in [6.07, 6.45) is 21.7. The Bertz CT molecular complexity index is 1840. The number of ether oxygens (including phenoxy) is 2. The summed E-state index contributed by atoms with van der Waals surface area (Å²) in [5, 5.41) is 54.8. The second kappa shape index (κ2) is 20.7. The minimum Gasteiger partial charge on any atom is -0.396 e. The fourth-order valence-electron chi connectivity index (χ4n) is 11.9. The zero-order chi connectivity index (χ0) is 43.8. The lowest BCUT2D eigenvalue weighted by Crippen LogP contribution is -2.65. The summed E-state index contributed by atoms with van der Waals surface area (Å²) in [5.41, 5.74) is 5.10. The quantitative estimate of drug-likeness (QED) is 0.0334. The molecule has 3 fully saturated rings. The van der Waals surface area contributed by atoms with Crippen molar-refractivity contribution in [3.63, 3.8) is 0 Å². The number of hydrogen-bond donors (Lipinski definition) is 6. The summed E-state index contributed by atoms with van der Waals surface area (Å²) in [5.74, 6) is -2.00. The van der Waals surface area contributed by atoms with E-state index in [9.17, 15) is 25.2 Å². The van der Waals surface area contributed by atoms with E-state index in [2.05, 4.69) is 85.7 Å². The number of fused-ring (bicyclic) bond motifs is 5. The normalized spacial score (nSPS) is 35.8. The van der Waals surface area contributed by atoms with Gasteiger partial charge >= 0.3 is 0 Å². The Morgan fingerprint density at radius 1 is 1.11 bits per heavy atom. The number of aliphatic hydroxyl groups excluding tert-OH is 2. The molecule has 3 saturated carbocycles. The van der Waals surface area contributed by atoms with Crippen molar-refractivity contribution in [1.29, 1.82) is 0 Å². The monoisotopic (exact) mass is 841 g/mol. The van der Waals surface area contributed by atoms with E-state index in [0.717, 1.165) is 68.1 Å². The van der Waals surface area contributed by atoms with Crippen molar-refractivity contribution in [3.8, 4) is 0 Å². The van der Waals surface area contributed by atoms with Crippen LogP contribution in [-0.2, 0) is 27.1 Å². The Kier molecular flexibility index (Phi) is 16.1. The van der Waals surface area contributed by atoms with Gasteiger partial charge in [-0.2, -0.15) is 0 Å². The lowest BCUT2D eigenvalue weighted by Gasteiger charge is -2.61. The Labute approximate surface area is 366 Å². The largest absolute Gasteiger partial charge is 0.396 e. The standard InChI is InChI=1S/C52H76N2O7/c1-36-15-16-42(30-39-12-10-13-40(29-39)31-49(4,54-33-36)25-28-60-6)37(2)11-9-14-44(35-61-51(59)21-7-8-22-51)45-19-23-52(48(45)57)47-41(20-27-55)17-18-43(46(47)38(3)34-56)32-50(52,58)24-26-53-5/h9-15,17-18,29,34,41-43,45,47-48,53-55,57-59H,2,7-8,16,19-28,30-33,35H2,1,3-6H3/b11-9+,36-15+,44-14-,46-38?/t41-,42+,43+,45+,47+,48-,49-,50-,52-/m1/s1. The summed E-state index contributed by atoms with van der Waals surface area (Å²) in [7, 11) is 3.64. The van der Waals surface area contributed by atoms with Crippen molar-refractivity contribution < 1.29 is 34.7 Å². The molecule has 1 aliphatic heterocycles. The first-order valence-corrected chi connectivity index (χ1v) is 23.1. The zero-order valence-electron chi connectivity index (χ0n) is 37.8. The highest BCUT2D eigenvalue weighted by atomic mass is 16.6. The Morgan fingerprint density at radius 3 is 2.61 bits per heavy atom. The highest BCUT2D eigenvalue weighted by Crippen LogP contribution is 2.67. The first kappa shape index (κ1) is 47.5. The number of methoxy groups -OCH3 is 1. The molecule has 9 heteroatoms. The predicted molar refractivity (Wildman–Crippen MR) is 244 cm³/mol. The van der Waals surface area contributed by atoms with Gasteiger partial charge in [0.1, 0.15) is 6.29 Å². The molecule has 4 aliphatic carbocycles. The van der Waals surface area contributed by atoms with E-state index in [0.29, 0.717) is 63.7 Å². The van der Waals surface area contributed by atoms with Gasteiger partial charge in [0, 0.05) is 62.5 Å². The summed E-state index contributed by atoms with van der Waals surface area (Å²) in [4.78, 5) is 12.5. The maximum absolute atomic E-state index is 13.0. The molecule has 1 spiro atoms. The lowest BCUT2D eigenvalue weighted by atomic mass is 9.45. The van der Waals surface area contributed by atoms with E-state index in [1.54, 1.807) is 7.11 Å². The number of aliphatic hydroxyl groups is 4. The van der Waals surface area contributed by atoms with Gasteiger partial charge in [0.05, 0.1) is 18.3 Å². The Morgan fingerprint density at radius 2 is 1.89 bits per heavy atom. The van der Waals surface area contributed by atoms with Gasteiger partial charge in [0.25, 0.3) is 0 Å². The number of aldehydes is 1. The molecule has 1 heterocycles. The number of benzene rings is 1. The molecule has 9 nitrogen and oxygen atoms in total. The predicted octanol–water partition coefficient (Wildman–Crippen LogP) is 7.26. The van der Waals surface area contributed by atoms with Crippen molar-refractivity contribution in [1.82, 2.24) is 10.6 Å². The number of hydrogen-bond acceptors (Lipinski definition) is 9. The van der Waals surface area contributed by atoms with E-state index >= 15 is 0 Å². The van der Waals surface area contributed by atoms with Crippen molar-refractivity contribution in [3.05, 3.63) is 106 Å².